The average molecular weight is 228 g/mol. The smallest absolute Gasteiger partial charge is 0.198 e. The summed E-state index contributed by atoms with van der Waals surface area (Å²) in [5, 5.41) is 0. The summed E-state index contributed by atoms with van der Waals surface area (Å²) in [6, 6.07) is 0. The molecule has 0 unspecified atom stereocenters. The summed E-state index contributed by atoms with van der Waals surface area (Å²) >= 11 is 0. The van der Waals surface area contributed by atoms with Gasteiger partial charge in [0.15, 0.2) is 0 Å². The maximum absolute atomic E-state index is 5.17. The normalized spacial score (nSPS) is 16.7. The zero-order chi connectivity index (χ0) is 11.9. The van der Waals surface area contributed by atoms with Gasteiger partial charge in [0.25, 0.3) is 0 Å². The van der Waals surface area contributed by atoms with Crippen molar-refractivity contribution in [3.05, 3.63) is 0 Å². The highest BCUT2D eigenvalue weighted by atomic mass is 17.4. The van der Waals surface area contributed by atoms with Crippen LogP contribution in [-0.4, -0.2) is 6.29 Å². The minimum atomic E-state index is 0.108. The standard InChI is InChI=1S/C14H28O2/c1-4-7-10-14(11-8-5-2,12-9-6-3)13-15-16-13/h13H,4-12H2,1-3H3. The molecule has 1 heterocycles. The van der Waals surface area contributed by atoms with Crippen molar-refractivity contribution in [1.82, 2.24) is 0 Å². The summed E-state index contributed by atoms with van der Waals surface area (Å²) in [4.78, 5) is 10.3. The Hall–Kier alpha value is -0.0800. The summed E-state index contributed by atoms with van der Waals surface area (Å²) in [7, 11) is 0. The van der Waals surface area contributed by atoms with E-state index in [-0.39, 0.29) is 6.29 Å². The number of unbranched alkanes of at least 4 members (excludes halogenated alkanes) is 3. The maximum Gasteiger partial charge on any atom is 0.230 e. The van der Waals surface area contributed by atoms with Gasteiger partial charge in [0.1, 0.15) is 0 Å². The molecule has 2 nitrogen and oxygen atoms in total. The summed E-state index contributed by atoms with van der Waals surface area (Å²) in [6.07, 6.45) is 11.6. The van der Waals surface area contributed by atoms with Crippen LogP contribution in [-0.2, 0) is 9.78 Å². The van der Waals surface area contributed by atoms with E-state index in [0.29, 0.717) is 5.41 Å². The van der Waals surface area contributed by atoms with E-state index in [1.807, 2.05) is 0 Å². The molecule has 2 heteroatoms. The molecule has 0 aromatic rings. The second kappa shape index (κ2) is 7.29. The van der Waals surface area contributed by atoms with Crippen molar-refractivity contribution < 1.29 is 9.78 Å². The fourth-order valence-corrected chi connectivity index (χ4v) is 2.55. The molecule has 1 rings (SSSR count). The molecule has 0 radical (unpaired) electrons. The van der Waals surface area contributed by atoms with E-state index in [0.717, 1.165) is 0 Å². The molecule has 0 aromatic carbocycles. The zero-order valence-corrected chi connectivity index (χ0v) is 11.3. The van der Waals surface area contributed by atoms with E-state index in [1.165, 1.54) is 57.8 Å². The van der Waals surface area contributed by atoms with Gasteiger partial charge in [0.2, 0.25) is 6.29 Å². The van der Waals surface area contributed by atoms with Gasteiger partial charge in [-0.2, -0.15) is 9.78 Å². The van der Waals surface area contributed by atoms with E-state index in [2.05, 4.69) is 20.8 Å². The number of hydrogen-bond acceptors (Lipinski definition) is 2. The molecule has 1 aliphatic heterocycles. The van der Waals surface area contributed by atoms with Crippen LogP contribution in [0.25, 0.3) is 0 Å². The Bertz CT molecular complexity index is 154. The van der Waals surface area contributed by atoms with E-state index in [1.54, 1.807) is 0 Å². The molecule has 0 amide bonds. The lowest BCUT2D eigenvalue weighted by Crippen LogP contribution is -2.27. The zero-order valence-electron chi connectivity index (χ0n) is 11.3. The average Bonchev–Trinajstić information content (AvgIpc) is 3.13. The number of rotatable bonds is 10. The van der Waals surface area contributed by atoms with Gasteiger partial charge < -0.3 is 0 Å². The fraction of sp³-hybridized carbons (Fsp3) is 1.00. The monoisotopic (exact) mass is 228 g/mol. The first kappa shape index (κ1) is 14.0. The highest BCUT2D eigenvalue weighted by molar-refractivity contribution is 4.85. The maximum atomic E-state index is 5.17. The molecule has 0 atom stereocenters. The van der Waals surface area contributed by atoms with Crippen LogP contribution in [0.1, 0.15) is 78.6 Å². The molecule has 0 bridgehead atoms. The van der Waals surface area contributed by atoms with Gasteiger partial charge in [-0.05, 0) is 19.3 Å². The Balaban J connectivity index is 2.52. The lowest BCUT2D eigenvalue weighted by Gasteiger charge is -2.30. The van der Waals surface area contributed by atoms with Crippen LogP contribution in [0.2, 0.25) is 0 Å². The minimum Gasteiger partial charge on any atom is -0.198 e. The molecule has 0 N–H and O–H groups in total. The van der Waals surface area contributed by atoms with Crippen LogP contribution in [0.3, 0.4) is 0 Å². The Morgan fingerprint density at radius 3 is 1.38 bits per heavy atom. The lowest BCUT2D eigenvalue weighted by molar-refractivity contribution is 0.0850. The van der Waals surface area contributed by atoms with Gasteiger partial charge in [-0.25, -0.2) is 0 Å². The molecular formula is C14H28O2. The summed E-state index contributed by atoms with van der Waals surface area (Å²) < 4.78 is 0. The molecule has 0 aliphatic carbocycles. The van der Waals surface area contributed by atoms with Crippen LogP contribution in [0.4, 0.5) is 0 Å². The van der Waals surface area contributed by atoms with Crippen LogP contribution >= 0.6 is 0 Å². The molecule has 1 saturated heterocycles. The van der Waals surface area contributed by atoms with Gasteiger partial charge in [-0.3, -0.25) is 0 Å². The predicted molar refractivity (Wildman–Crippen MR) is 67.0 cm³/mol. The van der Waals surface area contributed by atoms with Gasteiger partial charge in [-0.1, -0.05) is 59.3 Å². The van der Waals surface area contributed by atoms with E-state index >= 15 is 0 Å². The van der Waals surface area contributed by atoms with E-state index < -0.39 is 0 Å². The Kier molecular flexibility index (Phi) is 6.37. The summed E-state index contributed by atoms with van der Waals surface area (Å²) in [5.74, 6) is 0. The molecule has 0 saturated carbocycles. The summed E-state index contributed by atoms with van der Waals surface area (Å²) in [5.41, 5.74) is 0.321. The van der Waals surface area contributed by atoms with Crippen molar-refractivity contribution >= 4 is 0 Å². The first-order valence-electron chi connectivity index (χ1n) is 7.11. The van der Waals surface area contributed by atoms with Crippen LogP contribution < -0.4 is 0 Å². The van der Waals surface area contributed by atoms with Crippen molar-refractivity contribution in [2.45, 2.75) is 84.8 Å². The first-order valence-corrected chi connectivity index (χ1v) is 7.11. The van der Waals surface area contributed by atoms with Crippen LogP contribution in [0.5, 0.6) is 0 Å². The van der Waals surface area contributed by atoms with Crippen molar-refractivity contribution in [2.75, 3.05) is 0 Å². The Morgan fingerprint density at radius 2 is 1.12 bits per heavy atom. The van der Waals surface area contributed by atoms with E-state index in [4.69, 9.17) is 9.78 Å². The van der Waals surface area contributed by atoms with Gasteiger partial charge in [0, 0.05) is 5.41 Å². The molecule has 1 fully saturated rings. The predicted octanol–water partition coefficient (Wildman–Crippen LogP) is 4.83. The second-order valence-corrected chi connectivity index (χ2v) is 5.20. The molecular weight excluding hydrogens is 200 g/mol. The van der Waals surface area contributed by atoms with E-state index in [9.17, 15) is 0 Å². The van der Waals surface area contributed by atoms with Crippen molar-refractivity contribution in [1.29, 1.82) is 0 Å². The SMILES string of the molecule is CCCCC(CCCC)(CCCC)C1OO1. The molecule has 0 spiro atoms. The topological polar surface area (TPSA) is 25.1 Å². The molecule has 0 aromatic heterocycles. The van der Waals surface area contributed by atoms with Gasteiger partial charge in [0.05, 0.1) is 0 Å². The molecule has 16 heavy (non-hydrogen) atoms. The third-order valence-corrected chi connectivity index (χ3v) is 3.78. The van der Waals surface area contributed by atoms with Crippen LogP contribution in [0, 0.1) is 5.41 Å². The van der Waals surface area contributed by atoms with Crippen molar-refractivity contribution in [2.24, 2.45) is 5.41 Å². The fourth-order valence-electron chi connectivity index (χ4n) is 2.55. The minimum absolute atomic E-state index is 0.108. The van der Waals surface area contributed by atoms with Crippen LogP contribution in [0.15, 0.2) is 0 Å². The highest BCUT2D eigenvalue weighted by Crippen LogP contribution is 2.46. The molecule has 96 valence electrons. The first-order chi connectivity index (χ1) is 7.79. The highest BCUT2D eigenvalue weighted by Gasteiger charge is 2.48. The third-order valence-electron chi connectivity index (χ3n) is 3.78. The Labute approximate surface area is 101 Å². The van der Waals surface area contributed by atoms with Gasteiger partial charge in [-0.15, -0.1) is 0 Å². The largest absolute Gasteiger partial charge is 0.230 e. The molecule has 1 aliphatic rings. The summed E-state index contributed by atoms with van der Waals surface area (Å²) in [6.45, 7) is 6.79. The quantitative estimate of drug-likeness (QED) is 0.395. The second-order valence-electron chi connectivity index (χ2n) is 5.20. The van der Waals surface area contributed by atoms with Crippen molar-refractivity contribution in [3.63, 3.8) is 0 Å². The third kappa shape index (κ3) is 4.06. The number of hydrogen-bond donors (Lipinski definition) is 0. The lowest BCUT2D eigenvalue weighted by atomic mass is 9.74. The Morgan fingerprint density at radius 1 is 0.750 bits per heavy atom. The van der Waals surface area contributed by atoms with Gasteiger partial charge >= 0.3 is 0 Å². The van der Waals surface area contributed by atoms with Crippen molar-refractivity contribution in [3.8, 4) is 0 Å².